The van der Waals surface area contributed by atoms with Crippen molar-refractivity contribution in [2.45, 2.75) is 6.10 Å². The Kier molecular flexibility index (Phi) is 5.51. The number of rotatable bonds is 4. The van der Waals surface area contributed by atoms with Crippen LogP contribution in [0.15, 0.2) is 34.5 Å². The van der Waals surface area contributed by atoms with Gasteiger partial charge in [-0.05, 0) is 42.1 Å². The number of benzene rings is 1. The lowest BCUT2D eigenvalue weighted by molar-refractivity contribution is -0.384. The Balaban J connectivity index is 2.41. The molecule has 2 rings (SSSR count). The molecule has 0 spiro atoms. The zero-order valence-corrected chi connectivity index (χ0v) is 14.1. The average molecular weight is 380 g/mol. The van der Waals surface area contributed by atoms with Gasteiger partial charge < -0.3 is 16.2 Å². The minimum absolute atomic E-state index is 0.0277. The van der Waals surface area contributed by atoms with Gasteiger partial charge >= 0.3 is 0 Å². The fraction of sp³-hybridized carbons (Fsp3) is 0.0833. The SMILES string of the molecule is N=C1OC(c2ccc([N+](=O)[O-])cc2)C(=N\NC(N)=S)/C1=N/NC(N)=S. The van der Waals surface area contributed by atoms with E-state index in [0.717, 1.165) is 0 Å². The Morgan fingerprint density at radius 3 is 2.28 bits per heavy atom. The van der Waals surface area contributed by atoms with Gasteiger partial charge in [0, 0.05) is 12.1 Å². The molecule has 0 radical (unpaired) electrons. The van der Waals surface area contributed by atoms with Crippen LogP contribution in [0.3, 0.4) is 0 Å². The quantitative estimate of drug-likeness (QED) is 0.274. The van der Waals surface area contributed by atoms with Crippen LogP contribution < -0.4 is 22.3 Å². The van der Waals surface area contributed by atoms with Crippen LogP contribution in [0, 0.1) is 15.5 Å². The van der Waals surface area contributed by atoms with Crippen molar-refractivity contribution in [2.24, 2.45) is 21.7 Å². The fourth-order valence-corrected chi connectivity index (χ4v) is 2.00. The van der Waals surface area contributed by atoms with E-state index in [0.29, 0.717) is 5.56 Å². The van der Waals surface area contributed by atoms with Gasteiger partial charge in [-0.2, -0.15) is 10.2 Å². The van der Waals surface area contributed by atoms with Crippen LogP contribution in [0.2, 0.25) is 0 Å². The molecule has 1 atom stereocenters. The van der Waals surface area contributed by atoms with Crippen molar-refractivity contribution in [3.63, 3.8) is 0 Å². The number of non-ortho nitro benzene ring substituents is 1. The third kappa shape index (κ3) is 4.42. The Hall–Kier alpha value is -3.19. The molecule has 7 N–H and O–H groups in total. The van der Waals surface area contributed by atoms with Gasteiger partial charge in [0.2, 0.25) is 5.90 Å². The summed E-state index contributed by atoms with van der Waals surface area (Å²) in [6.07, 6.45) is -0.845. The summed E-state index contributed by atoms with van der Waals surface area (Å²) in [4.78, 5) is 10.2. The number of thiocarbonyl (C=S) groups is 2. The predicted molar refractivity (Wildman–Crippen MR) is 99.4 cm³/mol. The van der Waals surface area contributed by atoms with Crippen LogP contribution in [0.25, 0.3) is 0 Å². The largest absolute Gasteiger partial charge is 0.461 e. The Morgan fingerprint density at radius 2 is 1.76 bits per heavy atom. The lowest BCUT2D eigenvalue weighted by Crippen LogP contribution is -2.31. The van der Waals surface area contributed by atoms with E-state index in [1.54, 1.807) is 0 Å². The lowest BCUT2D eigenvalue weighted by atomic mass is 10.0. The molecule has 1 unspecified atom stereocenters. The molecule has 1 aromatic rings. The number of hydrazone groups is 2. The first-order valence-electron chi connectivity index (χ1n) is 6.56. The minimum Gasteiger partial charge on any atom is -0.461 e. The molecule has 130 valence electrons. The monoisotopic (exact) mass is 380 g/mol. The Bertz CT molecular complexity index is 805. The van der Waals surface area contributed by atoms with E-state index in [-0.39, 0.29) is 33.2 Å². The van der Waals surface area contributed by atoms with E-state index < -0.39 is 11.0 Å². The molecule has 0 amide bonds. The van der Waals surface area contributed by atoms with Gasteiger partial charge in [-0.15, -0.1) is 0 Å². The molecule has 11 nitrogen and oxygen atoms in total. The van der Waals surface area contributed by atoms with Gasteiger partial charge in [-0.25, -0.2) is 0 Å². The summed E-state index contributed by atoms with van der Waals surface area (Å²) in [5.41, 5.74) is 16.0. The first-order chi connectivity index (χ1) is 11.8. The van der Waals surface area contributed by atoms with Crippen molar-refractivity contribution in [2.75, 3.05) is 0 Å². The van der Waals surface area contributed by atoms with Gasteiger partial charge in [0.25, 0.3) is 5.69 Å². The summed E-state index contributed by atoms with van der Waals surface area (Å²) in [5, 5.41) is 26.3. The lowest BCUT2D eigenvalue weighted by Gasteiger charge is -2.10. The summed E-state index contributed by atoms with van der Waals surface area (Å²) in [6.45, 7) is 0. The number of nitrogens with one attached hydrogen (secondary N) is 3. The summed E-state index contributed by atoms with van der Waals surface area (Å²) in [6, 6.07) is 5.58. The highest BCUT2D eigenvalue weighted by Gasteiger charge is 2.37. The first kappa shape index (κ1) is 18.2. The maximum absolute atomic E-state index is 10.8. The van der Waals surface area contributed by atoms with E-state index in [2.05, 4.69) is 33.3 Å². The normalized spacial score (nSPS) is 19.5. The highest BCUT2D eigenvalue weighted by molar-refractivity contribution is 7.80. The number of hydrogen-bond donors (Lipinski definition) is 5. The molecule has 1 aromatic carbocycles. The molecule has 1 fully saturated rings. The second kappa shape index (κ2) is 7.59. The van der Waals surface area contributed by atoms with Crippen LogP contribution in [0.5, 0.6) is 0 Å². The smallest absolute Gasteiger partial charge is 0.269 e. The van der Waals surface area contributed by atoms with Crippen molar-refractivity contribution in [3.05, 3.63) is 39.9 Å². The molecular formula is C12H12N8O3S2. The van der Waals surface area contributed by atoms with Crippen molar-refractivity contribution >= 4 is 57.7 Å². The molecular weight excluding hydrogens is 368 g/mol. The Labute approximate surface area is 151 Å². The first-order valence-corrected chi connectivity index (χ1v) is 7.37. The summed E-state index contributed by atoms with van der Waals surface area (Å²) >= 11 is 9.36. The zero-order chi connectivity index (χ0) is 18.6. The number of nitro benzene ring substituents is 1. The molecule has 1 heterocycles. The van der Waals surface area contributed by atoms with Gasteiger partial charge in [0.05, 0.1) is 4.92 Å². The van der Waals surface area contributed by atoms with Gasteiger partial charge in [-0.1, -0.05) is 0 Å². The van der Waals surface area contributed by atoms with Crippen LogP contribution in [-0.2, 0) is 4.74 Å². The van der Waals surface area contributed by atoms with Crippen LogP contribution >= 0.6 is 24.4 Å². The third-order valence-electron chi connectivity index (χ3n) is 2.91. The third-order valence-corrected chi connectivity index (χ3v) is 3.10. The molecule has 25 heavy (non-hydrogen) atoms. The molecule has 13 heteroatoms. The van der Waals surface area contributed by atoms with E-state index >= 15 is 0 Å². The Morgan fingerprint density at radius 1 is 1.20 bits per heavy atom. The average Bonchev–Trinajstić information content (AvgIpc) is 2.86. The zero-order valence-electron chi connectivity index (χ0n) is 12.4. The number of hydrogen-bond acceptors (Lipinski definition) is 8. The summed E-state index contributed by atoms with van der Waals surface area (Å²) < 4.78 is 5.44. The standard InChI is InChI=1S/C12H12N8O3S2/c13-10-8(17-19-12(15)25)7(16-18-11(14)24)9(23-10)5-1-3-6(4-2-5)20(21)22/h1-4,9,13H,(H3,14,18,24)(H3,15,19,25)/b13-10?,16-7-,17-8-. The number of nitro groups is 1. The van der Waals surface area contributed by atoms with Gasteiger partial charge in [0.15, 0.2) is 22.0 Å². The maximum Gasteiger partial charge on any atom is 0.269 e. The van der Waals surface area contributed by atoms with Gasteiger partial charge in [-0.3, -0.25) is 26.4 Å². The molecule has 0 aliphatic carbocycles. The van der Waals surface area contributed by atoms with E-state index in [1.165, 1.54) is 24.3 Å². The number of ether oxygens (including phenoxy) is 1. The van der Waals surface area contributed by atoms with Crippen molar-refractivity contribution < 1.29 is 9.66 Å². The fourth-order valence-electron chi connectivity index (χ4n) is 1.91. The molecule has 1 aliphatic heterocycles. The van der Waals surface area contributed by atoms with E-state index in [1.807, 2.05) is 0 Å². The highest BCUT2D eigenvalue weighted by Crippen LogP contribution is 2.27. The van der Waals surface area contributed by atoms with Gasteiger partial charge in [0.1, 0.15) is 5.71 Å². The van der Waals surface area contributed by atoms with E-state index in [4.69, 9.17) is 33.8 Å². The molecule has 0 bridgehead atoms. The molecule has 0 aromatic heterocycles. The van der Waals surface area contributed by atoms with Crippen LogP contribution in [0.4, 0.5) is 5.69 Å². The molecule has 0 saturated carbocycles. The maximum atomic E-state index is 10.8. The second-order valence-corrected chi connectivity index (χ2v) is 5.46. The second-order valence-electron chi connectivity index (χ2n) is 4.59. The van der Waals surface area contributed by atoms with Crippen molar-refractivity contribution in [3.8, 4) is 0 Å². The number of nitrogens with two attached hydrogens (primary N) is 2. The topological polar surface area (TPSA) is 177 Å². The summed E-state index contributed by atoms with van der Waals surface area (Å²) in [7, 11) is 0. The molecule has 1 saturated heterocycles. The highest BCUT2D eigenvalue weighted by atomic mass is 32.1. The van der Waals surface area contributed by atoms with Crippen LogP contribution in [0.1, 0.15) is 11.7 Å². The molecule has 1 aliphatic rings. The van der Waals surface area contributed by atoms with Crippen LogP contribution in [-0.4, -0.2) is 32.5 Å². The van der Waals surface area contributed by atoms with Crippen molar-refractivity contribution in [1.29, 1.82) is 5.41 Å². The predicted octanol–water partition coefficient (Wildman–Crippen LogP) is 0.0218. The number of nitrogens with zero attached hydrogens (tertiary/aromatic N) is 3. The minimum atomic E-state index is -0.845. The summed E-state index contributed by atoms with van der Waals surface area (Å²) in [5.74, 6) is -0.296. The van der Waals surface area contributed by atoms with Crippen molar-refractivity contribution in [1.82, 2.24) is 10.9 Å². The van der Waals surface area contributed by atoms with E-state index in [9.17, 15) is 10.1 Å².